The molecular weight excluding hydrogens is 422 g/mol. The summed E-state index contributed by atoms with van der Waals surface area (Å²) in [5, 5.41) is 0. The highest BCUT2D eigenvalue weighted by atomic mass is 16.5. The van der Waals surface area contributed by atoms with Gasteiger partial charge in [0.05, 0.1) is 30.2 Å². The Bertz CT molecular complexity index is 1200. The fourth-order valence-electron chi connectivity index (χ4n) is 5.37. The van der Waals surface area contributed by atoms with Crippen molar-refractivity contribution in [3.8, 4) is 5.75 Å². The predicted molar refractivity (Wildman–Crippen MR) is 119 cm³/mol. The van der Waals surface area contributed by atoms with Crippen molar-refractivity contribution in [2.24, 2.45) is 23.7 Å². The first-order valence-corrected chi connectivity index (χ1v) is 10.9. The first kappa shape index (κ1) is 21.1. The first-order chi connectivity index (χ1) is 15.9. The summed E-state index contributed by atoms with van der Waals surface area (Å²) >= 11 is 0. The molecule has 4 atom stereocenters. The minimum atomic E-state index is -0.661. The van der Waals surface area contributed by atoms with Gasteiger partial charge in [-0.1, -0.05) is 23.8 Å². The number of nitrogens with zero attached hydrogens (tertiary/aromatic N) is 1. The standard InChI is InChI=1S/C26H23NO6/c1-14-10-17-12-20(14)23-22(17)24(29)27(25(23)30)18-8-6-15(7-9-18)26(31)33-13-21(28)16-4-3-5-19(11-16)32-2/h3-11,17,20,22-23H,12-13H2,1-2H3/t17-,20+,22-,23+/m0/s1. The van der Waals surface area contributed by atoms with Crippen molar-refractivity contribution in [3.05, 3.63) is 71.3 Å². The molecule has 7 heteroatoms. The molecule has 33 heavy (non-hydrogen) atoms. The minimum absolute atomic E-state index is 0.137. The van der Waals surface area contributed by atoms with Gasteiger partial charge in [0.2, 0.25) is 11.8 Å². The maximum Gasteiger partial charge on any atom is 0.338 e. The SMILES string of the molecule is COc1cccc(C(=O)COC(=O)c2ccc(N3C(=O)[C@@H]4[C@H](C3=O)[C@@H]3C[C@@H]4C=C3C)cc2)c1. The number of esters is 1. The highest BCUT2D eigenvalue weighted by Gasteiger charge is 2.60. The predicted octanol–water partition coefficient (Wildman–Crippen LogP) is 3.44. The average molecular weight is 445 g/mol. The lowest BCUT2D eigenvalue weighted by atomic mass is 9.82. The Morgan fingerprint density at radius 3 is 2.45 bits per heavy atom. The number of amides is 2. The van der Waals surface area contributed by atoms with E-state index in [1.165, 1.54) is 29.7 Å². The van der Waals surface area contributed by atoms with Crippen LogP contribution in [0.15, 0.2) is 60.2 Å². The van der Waals surface area contributed by atoms with E-state index in [4.69, 9.17) is 9.47 Å². The normalized spacial score (nSPS) is 25.2. The number of hydrogen-bond donors (Lipinski definition) is 0. The highest BCUT2D eigenvalue weighted by molar-refractivity contribution is 6.23. The third-order valence-electron chi connectivity index (χ3n) is 6.97. The van der Waals surface area contributed by atoms with Crippen LogP contribution in [0, 0.1) is 23.7 Å². The van der Waals surface area contributed by atoms with E-state index < -0.39 is 12.6 Å². The molecule has 0 N–H and O–H groups in total. The minimum Gasteiger partial charge on any atom is -0.497 e. The fourth-order valence-corrected chi connectivity index (χ4v) is 5.37. The lowest BCUT2D eigenvalue weighted by Crippen LogP contribution is -2.32. The molecule has 1 saturated heterocycles. The third-order valence-corrected chi connectivity index (χ3v) is 6.97. The molecule has 2 aromatic carbocycles. The number of carbonyl (C=O) groups excluding carboxylic acids is 4. The molecule has 1 heterocycles. The molecule has 3 aliphatic rings. The number of anilines is 1. The van der Waals surface area contributed by atoms with E-state index in [-0.39, 0.29) is 46.8 Å². The Labute approximate surface area is 191 Å². The van der Waals surface area contributed by atoms with E-state index >= 15 is 0 Å². The van der Waals surface area contributed by atoms with Gasteiger partial charge in [-0.15, -0.1) is 0 Å². The van der Waals surface area contributed by atoms with Crippen molar-refractivity contribution in [2.45, 2.75) is 13.3 Å². The first-order valence-electron chi connectivity index (χ1n) is 10.9. The quantitative estimate of drug-likeness (QED) is 0.293. The van der Waals surface area contributed by atoms with Gasteiger partial charge in [0, 0.05) is 5.56 Å². The van der Waals surface area contributed by atoms with E-state index in [1.54, 1.807) is 36.4 Å². The molecule has 0 spiro atoms. The zero-order valence-electron chi connectivity index (χ0n) is 18.3. The summed E-state index contributed by atoms with van der Waals surface area (Å²) in [6.45, 7) is 1.62. The van der Waals surface area contributed by atoms with Crippen molar-refractivity contribution >= 4 is 29.3 Å². The average Bonchev–Trinajstić information content (AvgIpc) is 3.47. The summed E-state index contributed by atoms with van der Waals surface area (Å²) < 4.78 is 10.2. The van der Waals surface area contributed by atoms with Gasteiger partial charge < -0.3 is 9.47 Å². The number of hydrogen-bond acceptors (Lipinski definition) is 6. The van der Waals surface area contributed by atoms with Gasteiger partial charge in [0.25, 0.3) is 0 Å². The molecule has 5 rings (SSSR count). The van der Waals surface area contributed by atoms with E-state index in [2.05, 4.69) is 6.08 Å². The number of benzene rings is 2. The molecule has 2 aliphatic carbocycles. The smallest absolute Gasteiger partial charge is 0.338 e. The van der Waals surface area contributed by atoms with Crippen LogP contribution in [0.1, 0.15) is 34.1 Å². The molecule has 2 aromatic rings. The number of ether oxygens (including phenoxy) is 2. The molecule has 168 valence electrons. The molecule has 0 unspecified atom stereocenters. The van der Waals surface area contributed by atoms with Crippen molar-refractivity contribution in [1.29, 1.82) is 0 Å². The number of Topliss-reactive ketones (excluding diaryl/α,β-unsaturated/α-hetero) is 1. The summed E-state index contributed by atoms with van der Waals surface area (Å²) in [7, 11) is 1.51. The van der Waals surface area contributed by atoms with Crippen molar-refractivity contribution in [2.75, 3.05) is 18.6 Å². The molecule has 2 bridgehead atoms. The summed E-state index contributed by atoms with van der Waals surface area (Å²) in [4.78, 5) is 52.0. The topological polar surface area (TPSA) is 90.0 Å². The molecule has 0 aromatic heterocycles. The van der Waals surface area contributed by atoms with E-state index in [0.717, 1.165) is 6.42 Å². The van der Waals surface area contributed by atoms with Crippen LogP contribution in [-0.4, -0.2) is 37.3 Å². The Balaban J connectivity index is 1.24. The van der Waals surface area contributed by atoms with Crippen molar-refractivity contribution in [3.63, 3.8) is 0 Å². The van der Waals surface area contributed by atoms with Gasteiger partial charge >= 0.3 is 5.97 Å². The van der Waals surface area contributed by atoms with Crippen LogP contribution in [0.2, 0.25) is 0 Å². The van der Waals surface area contributed by atoms with Gasteiger partial charge in [0.1, 0.15) is 5.75 Å². The fraction of sp³-hybridized carbons (Fsp3) is 0.308. The van der Waals surface area contributed by atoms with Crippen LogP contribution in [0.3, 0.4) is 0 Å². The summed E-state index contributed by atoms with van der Waals surface area (Å²) in [6, 6.07) is 12.7. The third kappa shape index (κ3) is 3.44. The number of ketones is 1. The Kier molecular flexibility index (Phi) is 5.12. The van der Waals surface area contributed by atoms with Gasteiger partial charge in [-0.2, -0.15) is 0 Å². The number of allylic oxidation sites excluding steroid dienone is 2. The monoisotopic (exact) mass is 445 g/mol. The van der Waals surface area contributed by atoms with Crippen LogP contribution >= 0.6 is 0 Å². The zero-order valence-corrected chi connectivity index (χ0v) is 18.3. The molecule has 0 radical (unpaired) electrons. The Morgan fingerprint density at radius 1 is 1.00 bits per heavy atom. The van der Waals surface area contributed by atoms with Crippen LogP contribution in [0.5, 0.6) is 5.75 Å². The van der Waals surface area contributed by atoms with E-state index in [0.29, 0.717) is 17.0 Å². The molecule has 1 saturated carbocycles. The summed E-state index contributed by atoms with van der Waals surface area (Å²) in [6.07, 6.45) is 3.01. The second-order valence-electron chi connectivity index (χ2n) is 8.76. The van der Waals surface area contributed by atoms with Crippen LogP contribution in [-0.2, 0) is 14.3 Å². The Morgan fingerprint density at radius 2 is 1.73 bits per heavy atom. The van der Waals surface area contributed by atoms with Crippen LogP contribution in [0.25, 0.3) is 0 Å². The van der Waals surface area contributed by atoms with Crippen molar-refractivity contribution in [1.82, 2.24) is 0 Å². The van der Waals surface area contributed by atoms with E-state index in [1.807, 2.05) is 6.92 Å². The maximum atomic E-state index is 13.0. The van der Waals surface area contributed by atoms with Crippen LogP contribution < -0.4 is 9.64 Å². The molecule has 2 amide bonds. The van der Waals surface area contributed by atoms with E-state index in [9.17, 15) is 19.2 Å². The number of methoxy groups -OCH3 is 1. The molecule has 1 aliphatic heterocycles. The van der Waals surface area contributed by atoms with Gasteiger partial charge in [-0.25, -0.2) is 4.79 Å². The molecule has 2 fully saturated rings. The van der Waals surface area contributed by atoms with Gasteiger partial charge in [-0.05, 0) is 61.6 Å². The van der Waals surface area contributed by atoms with Gasteiger partial charge in [-0.3, -0.25) is 19.3 Å². The summed E-state index contributed by atoms with van der Waals surface area (Å²) in [5.74, 6) is -1.07. The zero-order chi connectivity index (χ0) is 23.3. The summed E-state index contributed by atoms with van der Waals surface area (Å²) in [5.41, 5.74) is 2.26. The lowest BCUT2D eigenvalue weighted by molar-refractivity contribution is -0.123. The lowest BCUT2D eigenvalue weighted by Gasteiger charge is -2.19. The largest absolute Gasteiger partial charge is 0.497 e. The number of carbonyl (C=O) groups is 4. The number of fused-ring (bicyclic) bond motifs is 5. The maximum absolute atomic E-state index is 13.0. The number of rotatable bonds is 6. The molecular formula is C26H23NO6. The number of imide groups is 1. The second-order valence-corrected chi connectivity index (χ2v) is 8.76. The van der Waals surface area contributed by atoms with Gasteiger partial charge in [0.15, 0.2) is 12.4 Å². The molecule has 7 nitrogen and oxygen atoms in total. The van der Waals surface area contributed by atoms with Crippen molar-refractivity contribution < 1.29 is 28.7 Å². The van der Waals surface area contributed by atoms with Crippen LogP contribution in [0.4, 0.5) is 5.69 Å². The second kappa shape index (κ2) is 7.99. The highest BCUT2D eigenvalue weighted by Crippen LogP contribution is 2.55. The Hall–Kier alpha value is -3.74.